The molecule has 31 heavy (non-hydrogen) atoms. The lowest BCUT2D eigenvalue weighted by Gasteiger charge is -2.28. The van der Waals surface area contributed by atoms with Gasteiger partial charge in [-0.1, -0.05) is 6.08 Å². The number of amides is 1. The largest absolute Gasteiger partial charge is 0.497 e. The molecule has 0 aliphatic carbocycles. The van der Waals surface area contributed by atoms with Gasteiger partial charge in [0.1, 0.15) is 17.2 Å². The normalized spacial score (nSPS) is 13.9. The van der Waals surface area contributed by atoms with Gasteiger partial charge in [-0.15, -0.1) is 0 Å². The number of ether oxygens (including phenoxy) is 1. The molecule has 3 rings (SSSR count). The van der Waals surface area contributed by atoms with E-state index in [1.807, 2.05) is 0 Å². The van der Waals surface area contributed by atoms with Gasteiger partial charge >= 0.3 is 0 Å². The van der Waals surface area contributed by atoms with Crippen LogP contribution >= 0.6 is 12.2 Å². The maximum atomic E-state index is 14.5. The van der Waals surface area contributed by atoms with Gasteiger partial charge in [0, 0.05) is 43.1 Å². The van der Waals surface area contributed by atoms with Crippen molar-refractivity contribution in [3.05, 3.63) is 53.5 Å². The third-order valence-electron chi connectivity index (χ3n) is 4.62. The third kappa shape index (κ3) is 5.26. The Balaban J connectivity index is 1.69. The number of benzene rings is 1. The molecule has 1 aromatic heterocycles. The Morgan fingerprint density at radius 1 is 1.35 bits per heavy atom. The fourth-order valence-electron chi connectivity index (χ4n) is 3.11. The summed E-state index contributed by atoms with van der Waals surface area (Å²) in [6.45, 7) is 3.29. The molecule has 0 bridgehead atoms. The molecular formula is C21H23F2N5O2S. The minimum absolute atomic E-state index is 0.0246. The van der Waals surface area contributed by atoms with Crippen LogP contribution in [0, 0.1) is 5.82 Å². The van der Waals surface area contributed by atoms with E-state index in [0.29, 0.717) is 29.1 Å². The van der Waals surface area contributed by atoms with Crippen molar-refractivity contribution in [1.82, 2.24) is 20.4 Å². The molecule has 2 aromatic rings. The second-order valence-corrected chi connectivity index (χ2v) is 7.90. The molecule has 0 saturated carbocycles. The third-order valence-corrected chi connectivity index (χ3v) is 4.83. The van der Waals surface area contributed by atoms with Crippen molar-refractivity contribution < 1.29 is 18.3 Å². The number of aromatic amines is 1. The number of H-pyrrole nitrogens is 1. The molecule has 2 heterocycles. The van der Waals surface area contributed by atoms with Gasteiger partial charge in [-0.3, -0.25) is 15.2 Å². The molecule has 0 spiro atoms. The molecule has 7 nitrogen and oxygen atoms in total. The van der Waals surface area contributed by atoms with E-state index in [2.05, 4.69) is 20.8 Å². The minimum atomic E-state index is -1.68. The summed E-state index contributed by atoms with van der Waals surface area (Å²) in [4.78, 5) is 14.5. The lowest BCUT2D eigenvalue weighted by atomic mass is 9.90. The lowest BCUT2D eigenvalue weighted by molar-refractivity contribution is -0.116. The number of nitrogens with one attached hydrogen (secondary N) is 3. The van der Waals surface area contributed by atoms with Gasteiger partial charge in [0.25, 0.3) is 5.91 Å². The first kappa shape index (κ1) is 22.4. The Hall–Kier alpha value is -3.27. The number of nitrogens with zero attached hydrogens (tertiary/aromatic N) is 2. The smallest absolute Gasteiger partial charge is 0.259 e. The lowest BCUT2D eigenvalue weighted by Crippen LogP contribution is -2.39. The zero-order valence-electron chi connectivity index (χ0n) is 17.5. The van der Waals surface area contributed by atoms with E-state index < -0.39 is 17.4 Å². The van der Waals surface area contributed by atoms with Crippen LogP contribution in [0.25, 0.3) is 11.3 Å². The molecule has 0 radical (unpaired) electrons. The first-order chi connectivity index (χ1) is 14.6. The van der Waals surface area contributed by atoms with Crippen molar-refractivity contribution in [3.8, 4) is 17.0 Å². The summed E-state index contributed by atoms with van der Waals surface area (Å²) in [6.07, 6.45) is 3.25. The highest BCUT2D eigenvalue weighted by Crippen LogP contribution is 2.30. The van der Waals surface area contributed by atoms with E-state index in [1.54, 1.807) is 42.4 Å². The highest BCUT2D eigenvalue weighted by molar-refractivity contribution is 7.80. The monoisotopic (exact) mass is 447 g/mol. The number of likely N-dealkylation sites (N-methyl/N-ethyl adjacent to an activating group) is 1. The number of hydrogen-bond acceptors (Lipinski definition) is 5. The van der Waals surface area contributed by atoms with Crippen LogP contribution in [0.1, 0.15) is 13.8 Å². The Morgan fingerprint density at radius 3 is 2.74 bits per heavy atom. The van der Waals surface area contributed by atoms with Crippen LogP contribution in [0.2, 0.25) is 0 Å². The maximum absolute atomic E-state index is 14.5. The molecule has 0 fully saturated rings. The van der Waals surface area contributed by atoms with Gasteiger partial charge in [-0.25, -0.2) is 8.78 Å². The van der Waals surface area contributed by atoms with Crippen LogP contribution in [0.5, 0.6) is 5.75 Å². The SMILES string of the molecule is COc1ccc(-c2cc(NC(=S)NC(=O)C3=CN(C)CC=C3C(C)(C)F)n[nH]2)c(F)c1. The summed E-state index contributed by atoms with van der Waals surface area (Å²) in [5.41, 5.74) is -0.486. The van der Waals surface area contributed by atoms with Gasteiger partial charge in [0.2, 0.25) is 0 Å². The predicted molar refractivity (Wildman–Crippen MR) is 119 cm³/mol. The average molecular weight is 448 g/mol. The summed E-state index contributed by atoms with van der Waals surface area (Å²) in [7, 11) is 3.24. The standard InChI is InChI=1S/C21H23F2N5O2S/c1-21(2,23)15-7-8-28(3)11-14(15)19(29)25-20(31)24-18-10-17(26-27-18)13-6-5-12(30-4)9-16(13)22/h5-7,9-11H,8H2,1-4H3,(H3,24,25,26,27,29,31). The predicted octanol–water partition coefficient (Wildman–Crippen LogP) is 3.54. The number of thiocarbonyl (C=S) groups is 1. The average Bonchev–Trinajstić information content (AvgIpc) is 3.14. The molecule has 0 unspecified atom stereocenters. The van der Waals surface area contributed by atoms with Crippen LogP contribution in [0.4, 0.5) is 14.6 Å². The second kappa shape index (κ2) is 8.84. The topological polar surface area (TPSA) is 82.3 Å². The van der Waals surface area contributed by atoms with Gasteiger partial charge in [-0.2, -0.15) is 5.10 Å². The number of rotatable bonds is 5. The number of anilines is 1. The van der Waals surface area contributed by atoms with Crippen molar-refractivity contribution >= 4 is 29.1 Å². The van der Waals surface area contributed by atoms with Crippen molar-refractivity contribution in [2.45, 2.75) is 19.5 Å². The van der Waals surface area contributed by atoms with Crippen LogP contribution < -0.4 is 15.4 Å². The quantitative estimate of drug-likeness (QED) is 0.609. The van der Waals surface area contributed by atoms with E-state index in [4.69, 9.17) is 17.0 Å². The first-order valence-corrected chi connectivity index (χ1v) is 9.83. The fraction of sp³-hybridized carbons (Fsp3) is 0.286. The van der Waals surface area contributed by atoms with E-state index in [1.165, 1.54) is 27.0 Å². The highest BCUT2D eigenvalue weighted by atomic mass is 32.1. The minimum Gasteiger partial charge on any atom is -0.497 e. The summed E-state index contributed by atoms with van der Waals surface area (Å²) in [5, 5.41) is 12.0. The number of hydrogen-bond donors (Lipinski definition) is 3. The van der Waals surface area contributed by atoms with E-state index >= 15 is 0 Å². The van der Waals surface area contributed by atoms with Crippen LogP contribution in [-0.2, 0) is 4.79 Å². The van der Waals surface area contributed by atoms with E-state index in [0.717, 1.165) is 0 Å². The zero-order chi connectivity index (χ0) is 22.8. The van der Waals surface area contributed by atoms with E-state index in [-0.39, 0.29) is 16.5 Å². The summed E-state index contributed by atoms with van der Waals surface area (Å²) >= 11 is 5.19. The Kier molecular flexibility index (Phi) is 6.40. The van der Waals surface area contributed by atoms with Crippen LogP contribution in [0.15, 0.2) is 47.7 Å². The zero-order valence-corrected chi connectivity index (χ0v) is 18.4. The Labute approximate surface area is 184 Å². The molecule has 0 atom stereocenters. The summed E-state index contributed by atoms with van der Waals surface area (Å²) in [6, 6.07) is 6.00. The number of alkyl halides is 1. The Bertz CT molecular complexity index is 1070. The molecule has 0 saturated heterocycles. The van der Waals surface area contributed by atoms with E-state index in [9.17, 15) is 13.6 Å². The molecule has 164 valence electrons. The number of methoxy groups -OCH3 is 1. The molecule has 1 aromatic carbocycles. The summed E-state index contributed by atoms with van der Waals surface area (Å²) in [5.74, 6) is -0.340. The number of halogens is 2. The molecular weight excluding hydrogens is 424 g/mol. The number of aromatic nitrogens is 2. The van der Waals surface area contributed by atoms with Crippen molar-refractivity contribution in [3.63, 3.8) is 0 Å². The van der Waals surface area contributed by atoms with Gasteiger partial charge in [0.05, 0.1) is 18.4 Å². The number of carbonyl (C=O) groups excluding carboxylic acids is 1. The van der Waals surface area contributed by atoms with Crippen molar-refractivity contribution in [2.24, 2.45) is 0 Å². The maximum Gasteiger partial charge on any atom is 0.259 e. The fourth-order valence-corrected chi connectivity index (χ4v) is 3.31. The van der Waals surface area contributed by atoms with Gasteiger partial charge < -0.3 is 15.0 Å². The number of carbonyl (C=O) groups is 1. The molecule has 1 amide bonds. The van der Waals surface area contributed by atoms with Crippen LogP contribution in [-0.4, -0.2) is 52.5 Å². The summed E-state index contributed by atoms with van der Waals surface area (Å²) < 4.78 is 33.8. The highest BCUT2D eigenvalue weighted by Gasteiger charge is 2.31. The molecule has 1 aliphatic rings. The molecule has 3 N–H and O–H groups in total. The van der Waals surface area contributed by atoms with Crippen LogP contribution in [0.3, 0.4) is 0 Å². The molecule has 10 heteroatoms. The first-order valence-electron chi connectivity index (χ1n) is 9.42. The second-order valence-electron chi connectivity index (χ2n) is 7.49. The molecule has 1 aliphatic heterocycles. The van der Waals surface area contributed by atoms with Gasteiger partial charge in [0.15, 0.2) is 10.9 Å². The Morgan fingerprint density at radius 2 is 2.10 bits per heavy atom. The van der Waals surface area contributed by atoms with Crippen molar-refractivity contribution in [1.29, 1.82) is 0 Å². The van der Waals surface area contributed by atoms with Crippen molar-refractivity contribution in [2.75, 3.05) is 26.0 Å². The van der Waals surface area contributed by atoms with Gasteiger partial charge in [-0.05, 0) is 38.2 Å².